The van der Waals surface area contributed by atoms with Crippen LogP contribution in [0.2, 0.25) is 0 Å². The quantitative estimate of drug-likeness (QED) is 0.655. The van der Waals surface area contributed by atoms with Crippen molar-refractivity contribution in [3.63, 3.8) is 0 Å². The molecule has 24 heavy (non-hydrogen) atoms. The number of carbonyl (C=O) groups is 2. The summed E-state index contributed by atoms with van der Waals surface area (Å²) in [7, 11) is 0. The van der Waals surface area contributed by atoms with Crippen LogP contribution in [-0.4, -0.2) is 24.5 Å². The molecule has 0 aliphatic carbocycles. The number of rotatable bonds is 6. The van der Waals surface area contributed by atoms with Gasteiger partial charge >= 0.3 is 5.97 Å². The van der Waals surface area contributed by atoms with Crippen LogP contribution in [0.15, 0.2) is 54.6 Å². The van der Waals surface area contributed by atoms with Crippen LogP contribution < -0.4 is 5.32 Å². The number of hydrogen-bond acceptors (Lipinski definition) is 3. The van der Waals surface area contributed by atoms with Gasteiger partial charge in [-0.1, -0.05) is 36.3 Å². The number of esters is 1. The van der Waals surface area contributed by atoms with Crippen molar-refractivity contribution in [2.24, 2.45) is 0 Å². The van der Waals surface area contributed by atoms with Gasteiger partial charge < -0.3 is 10.1 Å². The number of carbonyl (C=O) groups excluding carboxylic acids is 2. The molecule has 1 amide bonds. The Morgan fingerprint density at radius 2 is 1.79 bits per heavy atom. The number of hydrogen-bond donors (Lipinski definition) is 1. The van der Waals surface area contributed by atoms with Crippen LogP contribution in [0.25, 0.3) is 0 Å². The first-order chi connectivity index (χ1) is 11.6. The smallest absolute Gasteiger partial charge is 0.329 e. The third kappa shape index (κ3) is 4.96. The zero-order chi connectivity index (χ0) is 17.4. The molecule has 0 saturated heterocycles. The predicted molar refractivity (Wildman–Crippen MR) is 87.6 cm³/mol. The van der Waals surface area contributed by atoms with Crippen molar-refractivity contribution in [2.45, 2.75) is 12.5 Å². The third-order valence-corrected chi connectivity index (χ3v) is 3.28. The molecular weight excluding hydrogens is 309 g/mol. The van der Waals surface area contributed by atoms with E-state index in [4.69, 9.17) is 11.2 Å². The Bertz CT molecular complexity index is 735. The zero-order valence-electron chi connectivity index (χ0n) is 12.9. The molecule has 4 nitrogen and oxygen atoms in total. The van der Waals surface area contributed by atoms with E-state index in [-0.39, 0.29) is 18.8 Å². The first-order valence-electron chi connectivity index (χ1n) is 7.30. The van der Waals surface area contributed by atoms with E-state index in [0.717, 1.165) is 0 Å². The molecule has 122 valence electrons. The molecule has 0 aliphatic rings. The summed E-state index contributed by atoms with van der Waals surface area (Å²) in [6.07, 6.45) is 5.25. The largest absolute Gasteiger partial charge is 0.451 e. The topological polar surface area (TPSA) is 55.4 Å². The van der Waals surface area contributed by atoms with Crippen LogP contribution >= 0.6 is 0 Å². The maximum atomic E-state index is 13.0. The van der Waals surface area contributed by atoms with Gasteiger partial charge in [0.25, 0.3) is 5.91 Å². The summed E-state index contributed by atoms with van der Waals surface area (Å²) in [5.74, 6) is 0.788. The molecular formula is C19H16FNO3. The molecule has 1 atom stereocenters. The minimum Gasteiger partial charge on any atom is -0.451 e. The van der Waals surface area contributed by atoms with Gasteiger partial charge in [0.15, 0.2) is 6.61 Å². The number of nitrogens with one attached hydrogen (secondary N) is 1. The predicted octanol–water partition coefficient (Wildman–Crippen LogP) is 2.34. The second-order valence-electron chi connectivity index (χ2n) is 5.03. The molecule has 0 aromatic heterocycles. The first kappa shape index (κ1) is 17.2. The van der Waals surface area contributed by atoms with E-state index in [1.54, 1.807) is 42.5 Å². The third-order valence-electron chi connectivity index (χ3n) is 3.28. The maximum Gasteiger partial charge on any atom is 0.329 e. The van der Waals surface area contributed by atoms with Crippen LogP contribution in [0.1, 0.15) is 15.9 Å². The number of ether oxygens (including phenoxy) is 1. The summed E-state index contributed by atoms with van der Waals surface area (Å²) in [6, 6.07) is 13.3. The molecule has 0 heterocycles. The van der Waals surface area contributed by atoms with Gasteiger partial charge in [-0.3, -0.25) is 4.79 Å². The Balaban J connectivity index is 2.13. The lowest BCUT2D eigenvalue weighted by Crippen LogP contribution is -2.43. The molecule has 0 aliphatic heterocycles. The van der Waals surface area contributed by atoms with Crippen LogP contribution in [-0.2, 0) is 16.0 Å². The summed E-state index contributed by atoms with van der Waals surface area (Å²) >= 11 is 0. The molecule has 0 bridgehead atoms. The van der Waals surface area contributed by atoms with Crippen molar-refractivity contribution >= 4 is 11.9 Å². The second-order valence-corrected chi connectivity index (χ2v) is 5.03. The van der Waals surface area contributed by atoms with Crippen molar-refractivity contribution in [3.8, 4) is 12.3 Å². The Kier molecular flexibility index (Phi) is 6.09. The first-order valence-corrected chi connectivity index (χ1v) is 7.30. The summed E-state index contributed by atoms with van der Waals surface area (Å²) in [4.78, 5) is 24.4. The number of terminal acetylenes is 1. The monoisotopic (exact) mass is 325 g/mol. The number of amides is 1. The van der Waals surface area contributed by atoms with E-state index in [2.05, 4.69) is 11.2 Å². The summed E-state index contributed by atoms with van der Waals surface area (Å²) in [6.45, 7) is -0.181. The van der Waals surface area contributed by atoms with Gasteiger partial charge in [0.1, 0.15) is 11.9 Å². The average Bonchev–Trinajstić information content (AvgIpc) is 2.61. The van der Waals surface area contributed by atoms with Crippen molar-refractivity contribution in [3.05, 3.63) is 71.5 Å². The van der Waals surface area contributed by atoms with E-state index in [9.17, 15) is 14.0 Å². The van der Waals surface area contributed by atoms with Crippen LogP contribution in [0.5, 0.6) is 0 Å². The normalized spacial score (nSPS) is 11.2. The maximum absolute atomic E-state index is 13.0. The van der Waals surface area contributed by atoms with Gasteiger partial charge in [-0.15, -0.1) is 6.42 Å². The van der Waals surface area contributed by atoms with E-state index >= 15 is 0 Å². The lowest BCUT2D eigenvalue weighted by Gasteiger charge is -2.17. The molecule has 0 saturated carbocycles. The average molecular weight is 325 g/mol. The van der Waals surface area contributed by atoms with E-state index in [1.807, 2.05) is 0 Å². The highest BCUT2D eigenvalue weighted by molar-refractivity contribution is 5.96. The zero-order valence-corrected chi connectivity index (χ0v) is 12.9. The van der Waals surface area contributed by atoms with Gasteiger partial charge in [0, 0.05) is 12.0 Å². The minimum atomic E-state index is -0.920. The van der Waals surface area contributed by atoms with Gasteiger partial charge in [-0.05, 0) is 29.8 Å². The van der Waals surface area contributed by atoms with Gasteiger partial charge in [0.2, 0.25) is 0 Å². The fraction of sp³-hybridized carbons (Fsp3) is 0.158. The Morgan fingerprint density at radius 3 is 2.42 bits per heavy atom. The SMILES string of the molecule is C#CCOC(=O)C(Cc1ccc(F)cc1)NC(=O)c1ccccc1. The van der Waals surface area contributed by atoms with Gasteiger partial charge in [-0.25, -0.2) is 9.18 Å². The van der Waals surface area contributed by atoms with Gasteiger partial charge in [0.05, 0.1) is 0 Å². The highest BCUT2D eigenvalue weighted by atomic mass is 19.1. The Hall–Kier alpha value is -3.13. The van der Waals surface area contributed by atoms with Crippen LogP contribution in [0, 0.1) is 18.2 Å². The fourth-order valence-electron chi connectivity index (χ4n) is 2.09. The van der Waals surface area contributed by atoms with Gasteiger partial charge in [-0.2, -0.15) is 0 Å². The lowest BCUT2D eigenvalue weighted by atomic mass is 10.1. The molecule has 2 rings (SSSR count). The molecule has 2 aromatic carbocycles. The van der Waals surface area contributed by atoms with Crippen molar-refractivity contribution in [2.75, 3.05) is 6.61 Å². The fourth-order valence-corrected chi connectivity index (χ4v) is 2.09. The lowest BCUT2D eigenvalue weighted by molar-refractivity contribution is -0.144. The summed E-state index contributed by atoms with van der Waals surface area (Å²) < 4.78 is 17.9. The number of benzene rings is 2. The van der Waals surface area contributed by atoms with E-state index in [1.165, 1.54) is 12.1 Å². The Morgan fingerprint density at radius 1 is 1.12 bits per heavy atom. The Labute approximate surface area is 139 Å². The molecule has 1 N–H and O–H groups in total. The molecule has 0 spiro atoms. The highest BCUT2D eigenvalue weighted by Crippen LogP contribution is 2.08. The standard InChI is InChI=1S/C19H16FNO3/c1-2-12-24-19(23)17(13-14-8-10-16(20)11-9-14)21-18(22)15-6-4-3-5-7-15/h1,3-11,17H,12-13H2,(H,21,22). The van der Waals surface area contributed by atoms with E-state index < -0.39 is 17.9 Å². The molecule has 0 fully saturated rings. The minimum absolute atomic E-state index is 0.169. The van der Waals surface area contributed by atoms with Crippen molar-refractivity contribution in [1.29, 1.82) is 0 Å². The van der Waals surface area contributed by atoms with Crippen LogP contribution in [0.4, 0.5) is 4.39 Å². The summed E-state index contributed by atoms with van der Waals surface area (Å²) in [5.41, 5.74) is 1.11. The molecule has 1 unspecified atom stereocenters. The second kappa shape index (κ2) is 8.49. The molecule has 5 heteroatoms. The number of halogens is 1. The summed E-state index contributed by atoms with van der Waals surface area (Å²) in [5, 5.41) is 2.63. The molecule has 2 aromatic rings. The van der Waals surface area contributed by atoms with Crippen molar-refractivity contribution in [1.82, 2.24) is 5.32 Å². The molecule has 0 radical (unpaired) electrons. The van der Waals surface area contributed by atoms with E-state index in [0.29, 0.717) is 11.1 Å². The van der Waals surface area contributed by atoms with Crippen LogP contribution in [0.3, 0.4) is 0 Å². The highest BCUT2D eigenvalue weighted by Gasteiger charge is 2.23. The van der Waals surface area contributed by atoms with Crippen molar-refractivity contribution < 1.29 is 18.7 Å².